The second kappa shape index (κ2) is 4.89. The zero-order chi connectivity index (χ0) is 12.5. The van der Waals surface area contributed by atoms with Crippen LogP contribution in [-0.4, -0.2) is 34.2 Å². The van der Waals surface area contributed by atoms with Crippen LogP contribution in [0.5, 0.6) is 0 Å². The van der Waals surface area contributed by atoms with Crippen LogP contribution >= 0.6 is 12.2 Å². The number of aromatic nitrogens is 3. The molecule has 2 heterocycles. The van der Waals surface area contributed by atoms with Crippen molar-refractivity contribution in [1.82, 2.24) is 14.8 Å². The normalized spacial score (nSPS) is 23.0. The Labute approximate surface area is 106 Å². The van der Waals surface area contributed by atoms with Crippen LogP contribution in [-0.2, 0) is 22.8 Å². The van der Waals surface area contributed by atoms with Gasteiger partial charge in [-0.3, -0.25) is 5.10 Å². The molecule has 1 aromatic rings. The maximum absolute atomic E-state index is 11.8. The molecule has 0 aromatic carbocycles. The largest absolute Gasteiger partial charge is 0.303 e. The van der Waals surface area contributed by atoms with E-state index < -0.39 is 9.84 Å². The lowest BCUT2D eigenvalue weighted by atomic mass is 10.2. The number of hydrogen-bond donors (Lipinski definition) is 1. The van der Waals surface area contributed by atoms with Gasteiger partial charge in [0.25, 0.3) is 0 Å². The fourth-order valence-electron chi connectivity index (χ4n) is 2.22. The molecule has 0 radical (unpaired) electrons. The molecule has 0 spiro atoms. The Bertz CT molecular complexity index is 544. The van der Waals surface area contributed by atoms with Crippen molar-refractivity contribution in [2.45, 2.75) is 44.4 Å². The second-order valence-corrected chi connectivity index (χ2v) is 7.22. The average molecular weight is 275 g/mol. The van der Waals surface area contributed by atoms with Crippen LogP contribution in [0.4, 0.5) is 0 Å². The molecule has 1 aliphatic heterocycles. The Balaban J connectivity index is 2.24. The summed E-state index contributed by atoms with van der Waals surface area (Å²) in [6.07, 6.45) is 3.29. The van der Waals surface area contributed by atoms with E-state index >= 15 is 0 Å². The predicted octanol–water partition coefficient (Wildman–Crippen LogP) is 1.47. The number of rotatable bonds is 4. The number of hydrogen-bond acceptors (Lipinski definition) is 4. The van der Waals surface area contributed by atoms with Crippen LogP contribution in [0.2, 0.25) is 0 Å². The van der Waals surface area contributed by atoms with E-state index in [2.05, 4.69) is 17.1 Å². The van der Waals surface area contributed by atoms with Gasteiger partial charge < -0.3 is 4.57 Å². The number of H-pyrrole nitrogens is 1. The van der Waals surface area contributed by atoms with E-state index in [0.717, 1.165) is 31.5 Å². The summed E-state index contributed by atoms with van der Waals surface area (Å²) in [5.41, 5.74) is 0. The highest BCUT2D eigenvalue weighted by Gasteiger charge is 2.32. The number of aromatic amines is 1. The standard InChI is InChI=1S/C10H17N3O2S2/c1-2-4-9-11-12-10(16)13(9)7-8-5-3-6-17(8,14)15/h8H,2-7H2,1H3,(H,12,16). The van der Waals surface area contributed by atoms with Crippen molar-refractivity contribution in [3.05, 3.63) is 10.6 Å². The van der Waals surface area contributed by atoms with Crippen molar-refractivity contribution in [2.24, 2.45) is 0 Å². The van der Waals surface area contributed by atoms with E-state index in [9.17, 15) is 8.42 Å². The molecule has 1 fully saturated rings. The minimum Gasteiger partial charge on any atom is -0.303 e. The lowest BCUT2D eigenvalue weighted by molar-refractivity contribution is 0.553. The van der Waals surface area contributed by atoms with Crippen LogP contribution in [0.1, 0.15) is 32.0 Å². The van der Waals surface area contributed by atoms with E-state index in [1.165, 1.54) is 0 Å². The third kappa shape index (κ3) is 2.60. The van der Waals surface area contributed by atoms with Crippen LogP contribution in [0.25, 0.3) is 0 Å². The molecule has 1 saturated heterocycles. The summed E-state index contributed by atoms with van der Waals surface area (Å²) in [5, 5.41) is 6.60. The highest BCUT2D eigenvalue weighted by molar-refractivity contribution is 7.92. The first-order chi connectivity index (χ1) is 8.04. The topological polar surface area (TPSA) is 67.8 Å². The Morgan fingerprint density at radius 2 is 2.35 bits per heavy atom. The molecule has 17 heavy (non-hydrogen) atoms. The highest BCUT2D eigenvalue weighted by Crippen LogP contribution is 2.22. The van der Waals surface area contributed by atoms with E-state index in [0.29, 0.717) is 17.1 Å². The first-order valence-electron chi connectivity index (χ1n) is 5.90. The van der Waals surface area contributed by atoms with Gasteiger partial charge in [-0.05, 0) is 31.5 Å². The average Bonchev–Trinajstić information content (AvgIpc) is 2.76. The van der Waals surface area contributed by atoms with Gasteiger partial charge in [0.15, 0.2) is 14.6 Å². The maximum Gasteiger partial charge on any atom is 0.195 e. The molecular weight excluding hydrogens is 258 g/mol. The Hall–Kier alpha value is -0.690. The highest BCUT2D eigenvalue weighted by atomic mass is 32.2. The molecule has 2 rings (SSSR count). The van der Waals surface area contributed by atoms with Crippen LogP contribution in [0, 0.1) is 4.77 Å². The zero-order valence-electron chi connectivity index (χ0n) is 9.85. The minimum atomic E-state index is -2.92. The minimum absolute atomic E-state index is 0.289. The molecule has 96 valence electrons. The number of nitrogens with one attached hydrogen (secondary N) is 1. The van der Waals surface area contributed by atoms with Gasteiger partial charge in [-0.15, -0.1) is 0 Å². The van der Waals surface area contributed by atoms with E-state index in [1.54, 1.807) is 0 Å². The zero-order valence-corrected chi connectivity index (χ0v) is 11.5. The van der Waals surface area contributed by atoms with Gasteiger partial charge in [0.1, 0.15) is 5.82 Å². The third-order valence-corrected chi connectivity index (χ3v) is 5.73. The summed E-state index contributed by atoms with van der Waals surface area (Å²) in [5.74, 6) is 1.17. The van der Waals surface area contributed by atoms with Crippen LogP contribution in [0.15, 0.2) is 0 Å². The summed E-state index contributed by atoms with van der Waals surface area (Å²) in [7, 11) is -2.92. The van der Waals surface area contributed by atoms with Crippen molar-refractivity contribution in [2.75, 3.05) is 5.75 Å². The lowest BCUT2D eigenvalue weighted by Gasteiger charge is -2.11. The van der Waals surface area contributed by atoms with Crippen molar-refractivity contribution in [1.29, 1.82) is 0 Å². The van der Waals surface area contributed by atoms with Gasteiger partial charge in [0.05, 0.1) is 11.0 Å². The molecule has 5 nitrogen and oxygen atoms in total. The summed E-state index contributed by atoms with van der Waals surface area (Å²) >= 11 is 5.15. The first-order valence-corrected chi connectivity index (χ1v) is 8.02. The molecule has 0 bridgehead atoms. The van der Waals surface area contributed by atoms with Crippen molar-refractivity contribution >= 4 is 22.1 Å². The van der Waals surface area contributed by atoms with Gasteiger partial charge in [-0.2, -0.15) is 5.10 Å². The Morgan fingerprint density at radius 1 is 1.59 bits per heavy atom. The van der Waals surface area contributed by atoms with Gasteiger partial charge in [-0.1, -0.05) is 6.92 Å². The predicted molar refractivity (Wildman–Crippen MR) is 68.2 cm³/mol. The fourth-order valence-corrected chi connectivity index (χ4v) is 4.25. The van der Waals surface area contributed by atoms with Gasteiger partial charge in [0, 0.05) is 13.0 Å². The molecule has 1 aliphatic rings. The molecule has 1 aromatic heterocycles. The summed E-state index contributed by atoms with van der Waals surface area (Å²) in [6, 6.07) is 0. The summed E-state index contributed by atoms with van der Waals surface area (Å²) in [4.78, 5) is 0. The van der Waals surface area contributed by atoms with Gasteiger partial charge in [-0.25, -0.2) is 8.42 Å². The SMILES string of the molecule is CCCc1n[nH]c(=S)n1CC1CCCS1(=O)=O. The van der Waals surface area contributed by atoms with E-state index in [1.807, 2.05) is 4.57 Å². The summed E-state index contributed by atoms with van der Waals surface area (Å²) in [6.45, 7) is 2.52. The van der Waals surface area contributed by atoms with E-state index in [-0.39, 0.29) is 5.25 Å². The molecule has 0 aliphatic carbocycles. The van der Waals surface area contributed by atoms with Gasteiger partial charge >= 0.3 is 0 Å². The maximum atomic E-state index is 11.8. The molecule has 1 atom stereocenters. The monoisotopic (exact) mass is 275 g/mol. The fraction of sp³-hybridized carbons (Fsp3) is 0.800. The summed E-state index contributed by atoms with van der Waals surface area (Å²) < 4.78 is 25.9. The van der Waals surface area contributed by atoms with Crippen LogP contribution in [0.3, 0.4) is 0 Å². The number of aryl methyl sites for hydroxylation is 1. The quantitative estimate of drug-likeness (QED) is 0.845. The van der Waals surface area contributed by atoms with E-state index in [4.69, 9.17) is 12.2 Å². The number of nitrogens with zero attached hydrogens (tertiary/aromatic N) is 2. The van der Waals surface area contributed by atoms with Crippen molar-refractivity contribution in [3.8, 4) is 0 Å². The molecule has 0 saturated carbocycles. The molecule has 1 unspecified atom stereocenters. The molecule has 7 heteroatoms. The third-order valence-electron chi connectivity index (χ3n) is 3.16. The van der Waals surface area contributed by atoms with Crippen molar-refractivity contribution in [3.63, 3.8) is 0 Å². The Morgan fingerprint density at radius 3 is 2.94 bits per heavy atom. The molecule has 1 N–H and O–H groups in total. The first kappa shape index (κ1) is 12.8. The second-order valence-electron chi connectivity index (χ2n) is 4.44. The van der Waals surface area contributed by atoms with Crippen LogP contribution < -0.4 is 0 Å². The molecular formula is C10H17N3O2S2. The van der Waals surface area contributed by atoms with Gasteiger partial charge in [0.2, 0.25) is 0 Å². The lowest BCUT2D eigenvalue weighted by Crippen LogP contribution is -2.23. The number of sulfone groups is 1. The Kier molecular flexibility index (Phi) is 3.67. The smallest absolute Gasteiger partial charge is 0.195 e. The van der Waals surface area contributed by atoms with Crippen molar-refractivity contribution < 1.29 is 8.42 Å². The molecule has 0 amide bonds.